The van der Waals surface area contributed by atoms with E-state index in [-0.39, 0.29) is 29.8 Å². The Morgan fingerprint density at radius 1 is 1.29 bits per heavy atom. The summed E-state index contributed by atoms with van der Waals surface area (Å²) >= 11 is 0. The molecule has 0 fully saturated rings. The molecule has 4 nitrogen and oxygen atoms in total. The van der Waals surface area contributed by atoms with Crippen molar-refractivity contribution in [1.29, 1.82) is 0 Å². The van der Waals surface area contributed by atoms with Crippen LogP contribution in [0.1, 0.15) is 39.3 Å². The largest absolute Gasteiger partial charge is 0.434 e. The molecule has 1 aromatic carbocycles. The summed E-state index contributed by atoms with van der Waals surface area (Å²) in [6, 6.07) is 6.25. The Hall–Kier alpha value is -1.69. The van der Waals surface area contributed by atoms with Gasteiger partial charge in [0, 0.05) is 17.1 Å². The van der Waals surface area contributed by atoms with Crippen molar-refractivity contribution in [3.63, 3.8) is 0 Å². The van der Waals surface area contributed by atoms with Gasteiger partial charge in [0.15, 0.2) is 0 Å². The van der Waals surface area contributed by atoms with Gasteiger partial charge in [-0.2, -0.15) is 8.78 Å². The predicted molar refractivity (Wildman–Crippen MR) is 77.4 cm³/mol. The maximum Gasteiger partial charge on any atom is 0.387 e. The Balaban J connectivity index is 2.63. The molecule has 1 atom stereocenters. The standard InChI is InChI=1S/C15H22F2N2O2/c1-10(18-9-13(20)19-15(2,3)4)11-7-5-6-8-12(11)21-14(16)17/h5-8,10,14,18H,9H2,1-4H3,(H,19,20). The minimum Gasteiger partial charge on any atom is -0.434 e. The second-order valence-corrected chi connectivity index (χ2v) is 5.82. The molecule has 0 heterocycles. The molecule has 0 spiro atoms. The molecule has 0 aliphatic rings. The lowest BCUT2D eigenvalue weighted by molar-refractivity contribution is -0.121. The fourth-order valence-electron chi connectivity index (χ4n) is 1.86. The predicted octanol–water partition coefficient (Wildman–Crippen LogP) is 2.85. The van der Waals surface area contributed by atoms with E-state index in [0.29, 0.717) is 5.56 Å². The Bertz CT molecular complexity index is 473. The summed E-state index contributed by atoms with van der Waals surface area (Å²) in [4.78, 5) is 11.7. The molecule has 0 saturated heterocycles. The zero-order valence-electron chi connectivity index (χ0n) is 12.7. The van der Waals surface area contributed by atoms with Gasteiger partial charge in [-0.1, -0.05) is 18.2 Å². The SMILES string of the molecule is CC(NCC(=O)NC(C)(C)C)c1ccccc1OC(F)F. The van der Waals surface area contributed by atoms with Gasteiger partial charge in [0.25, 0.3) is 0 Å². The molecule has 1 unspecified atom stereocenters. The Labute approximate surface area is 123 Å². The summed E-state index contributed by atoms with van der Waals surface area (Å²) in [7, 11) is 0. The molecular formula is C15H22F2N2O2. The second-order valence-electron chi connectivity index (χ2n) is 5.82. The van der Waals surface area contributed by atoms with Gasteiger partial charge >= 0.3 is 6.61 Å². The Morgan fingerprint density at radius 3 is 2.48 bits per heavy atom. The number of carbonyl (C=O) groups excluding carboxylic acids is 1. The summed E-state index contributed by atoms with van der Waals surface area (Å²) in [5.41, 5.74) is 0.278. The molecular weight excluding hydrogens is 278 g/mol. The average molecular weight is 300 g/mol. The molecule has 0 aliphatic heterocycles. The summed E-state index contributed by atoms with van der Waals surface area (Å²) in [6.07, 6.45) is 0. The molecule has 0 bridgehead atoms. The van der Waals surface area contributed by atoms with Gasteiger partial charge in [-0.05, 0) is 33.8 Å². The van der Waals surface area contributed by atoms with Crippen LogP contribution in [0.4, 0.5) is 8.78 Å². The van der Waals surface area contributed by atoms with Gasteiger partial charge in [-0.15, -0.1) is 0 Å². The number of hydrogen-bond donors (Lipinski definition) is 2. The van der Waals surface area contributed by atoms with Crippen molar-refractivity contribution < 1.29 is 18.3 Å². The van der Waals surface area contributed by atoms with Crippen molar-refractivity contribution in [2.24, 2.45) is 0 Å². The first-order chi connectivity index (χ1) is 9.69. The van der Waals surface area contributed by atoms with E-state index >= 15 is 0 Å². The normalized spacial score (nSPS) is 13.1. The van der Waals surface area contributed by atoms with E-state index in [4.69, 9.17) is 0 Å². The van der Waals surface area contributed by atoms with Gasteiger partial charge in [-0.3, -0.25) is 4.79 Å². The van der Waals surface area contributed by atoms with Gasteiger partial charge in [0.05, 0.1) is 6.54 Å². The number of carbonyl (C=O) groups is 1. The third-order valence-electron chi connectivity index (χ3n) is 2.68. The van der Waals surface area contributed by atoms with Gasteiger partial charge in [0.1, 0.15) is 5.75 Å². The fourth-order valence-corrected chi connectivity index (χ4v) is 1.86. The minimum absolute atomic E-state index is 0.0987. The number of ether oxygens (including phenoxy) is 1. The van der Waals surface area contributed by atoms with E-state index in [9.17, 15) is 13.6 Å². The molecule has 1 amide bonds. The summed E-state index contributed by atoms with van der Waals surface area (Å²) in [5, 5.41) is 5.82. The van der Waals surface area contributed by atoms with Gasteiger partial charge in [0.2, 0.25) is 5.91 Å². The lowest BCUT2D eigenvalue weighted by Gasteiger charge is -2.22. The molecule has 118 valence electrons. The number of nitrogens with one attached hydrogen (secondary N) is 2. The molecule has 2 N–H and O–H groups in total. The summed E-state index contributed by atoms with van der Waals surface area (Å²) in [5.74, 6) is -0.0367. The second kappa shape index (κ2) is 7.36. The topological polar surface area (TPSA) is 50.4 Å². The van der Waals surface area contributed by atoms with Crippen LogP contribution >= 0.6 is 0 Å². The van der Waals surface area contributed by atoms with Crippen LogP contribution in [-0.4, -0.2) is 24.6 Å². The van der Waals surface area contributed by atoms with Crippen LogP contribution in [0.15, 0.2) is 24.3 Å². The summed E-state index contributed by atoms with van der Waals surface area (Å²) in [6.45, 7) is 4.68. The Kier molecular flexibility index (Phi) is 6.08. The van der Waals surface area contributed by atoms with Crippen molar-refractivity contribution in [2.45, 2.75) is 45.9 Å². The number of para-hydroxylation sites is 1. The van der Waals surface area contributed by atoms with Crippen molar-refractivity contribution in [3.05, 3.63) is 29.8 Å². The maximum atomic E-state index is 12.4. The van der Waals surface area contributed by atoms with Crippen LogP contribution in [0.3, 0.4) is 0 Å². The average Bonchev–Trinajstić information content (AvgIpc) is 2.34. The van der Waals surface area contributed by atoms with Crippen molar-refractivity contribution >= 4 is 5.91 Å². The van der Waals surface area contributed by atoms with Crippen molar-refractivity contribution in [2.75, 3.05) is 6.54 Å². The van der Waals surface area contributed by atoms with Crippen LogP contribution in [-0.2, 0) is 4.79 Å². The van der Waals surface area contributed by atoms with Crippen LogP contribution in [0.25, 0.3) is 0 Å². The van der Waals surface area contributed by atoms with Gasteiger partial charge in [-0.25, -0.2) is 0 Å². The monoisotopic (exact) mass is 300 g/mol. The van der Waals surface area contributed by atoms with E-state index in [1.807, 2.05) is 20.8 Å². The van der Waals surface area contributed by atoms with Crippen LogP contribution in [0, 0.1) is 0 Å². The molecule has 1 rings (SSSR count). The lowest BCUT2D eigenvalue weighted by atomic mass is 10.1. The quantitative estimate of drug-likeness (QED) is 0.849. The molecule has 0 radical (unpaired) electrons. The molecule has 21 heavy (non-hydrogen) atoms. The lowest BCUT2D eigenvalue weighted by Crippen LogP contribution is -2.45. The zero-order chi connectivity index (χ0) is 16.0. The first kappa shape index (κ1) is 17.4. The van der Waals surface area contributed by atoms with E-state index in [0.717, 1.165) is 0 Å². The van der Waals surface area contributed by atoms with E-state index < -0.39 is 6.61 Å². The third kappa shape index (κ3) is 6.53. The highest BCUT2D eigenvalue weighted by Crippen LogP contribution is 2.26. The van der Waals surface area contributed by atoms with Crippen LogP contribution in [0.2, 0.25) is 0 Å². The zero-order valence-corrected chi connectivity index (χ0v) is 12.7. The number of amides is 1. The molecule has 0 aromatic heterocycles. The fraction of sp³-hybridized carbons (Fsp3) is 0.533. The first-order valence-corrected chi connectivity index (χ1v) is 6.77. The molecule has 0 saturated carbocycles. The maximum absolute atomic E-state index is 12.4. The molecule has 1 aromatic rings. The van der Waals surface area contributed by atoms with E-state index in [1.54, 1.807) is 25.1 Å². The number of alkyl halides is 2. The van der Waals surface area contributed by atoms with E-state index in [1.165, 1.54) is 6.07 Å². The number of halogens is 2. The number of benzene rings is 1. The highest BCUT2D eigenvalue weighted by molar-refractivity contribution is 5.78. The summed E-state index contributed by atoms with van der Waals surface area (Å²) < 4.78 is 29.2. The highest BCUT2D eigenvalue weighted by atomic mass is 19.3. The first-order valence-electron chi connectivity index (χ1n) is 6.77. The van der Waals surface area contributed by atoms with Crippen LogP contribution in [0.5, 0.6) is 5.75 Å². The smallest absolute Gasteiger partial charge is 0.387 e. The van der Waals surface area contributed by atoms with Gasteiger partial charge < -0.3 is 15.4 Å². The molecule has 0 aliphatic carbocycles. The Morgan fingerprint density at radius 2 is 1.90 bits per heavy atom. The van der Waals surface area contributed by atoms with E-state index in [2.05, 4.69) is 15.4 Å². The van der Waals surface area contributed by atoms with Crippen LogP contribution < -0.4 is 15.4 Å². The minimum atomic E-state index is -2.87. The van der Waals surface area contributed by atoms with Crippen molar-refractivity contribution in [1.82, 2.24) is 10.6 Å². The van der Waals surface area contributed by atoms with Crippen molar-refractivity contribution in [3.8, 4) is 5.75 Å². The number of hydrogen-bond acceptors (Lipinski definition) is 3. The number of rotatable bonds is 6. The molecule has 6 heteroatoms. The highest BCUT2D eigenvalue weighted by Gasteiger charge is 2.17. The third-order valence-corrected chi connectivity index (χ3v) is 2.68.